The van der Waals surface area contributed by atoms with Crippen LogP contribution in [0.25, 0.3) is 21.8 Å². The summed E-state index contributed by atoms with van der Waals surface area (Å²) in [5.41, 5.74) is 2.16. The van der Waals surface area contributed by atoms with Gasteiger partial charge in [-0.1, -0.05) is 6.92 Å². The normalized spacial score (nSPS) is 11.5. The van der Waals surface area contributed by atoms with Crippen LogP contribution in [-0.4, -0.2) is 28.0 Å². The van der Waals surface area contributed by atoms with Gasteiger partial charge in [0.1, 0.15) is 11.6 Å². The quantitative estimate of drug-likeness (QED) is 0.414. The summed E-state index contributed by atoms with van der Waals surface area (Å²) in [6, 6.07) is 14.8. The Morgan fingerprint density at radius 2 is 1.93 bits per heavy atom. The lowest BCUT2D eigenvalue weighted by Crippen LogP contribution is -2.22. The Morgan fingerprint density at radius 3 is 2.67 bits per heavy atom. The summed E-state index contributed by atoms with van der Waals surface area (Å²) in [5.74, 6) is 1.38. The molecule has 2 aromatic carbocycles. The fourth-order valence-electron chi connectivity index (χ4n) is 3.00. The lowest BCUT2D eigenvalue weighted by atomic mass is 10.1. The maximum Gasteiger partial charge on any atom is 0.282 e. The van der Waals surface area contributed by atoms with Gasteiger partial charge in [0.15, 0.2) is 0 Å². The molecule has 4 rings (SSSR count). The molecule has 0 aliphatic heterocycles. The number of hydrogen-bond donors (Lipinski definition) is 0. The average molecular weight is 358 g/mol. The monoisotopic (exact) mass is 358 g/mol. The Balaban J connectivity index is 1.87. The molecule has 0 aliphatic carbocycles. The Morgan fingerprint density at radius 1 is 1.11 bits per heavy atom. The molecule has 0 saturated heterocycles. The number of hydrogen-bond acceptors (Lipinski definition) is 5. The van der Waals surface area contributed by atoms with Crippen LogP contribution in [0.2, 0.25) is 0 Å². The molecule has 0 N–H and O–H groups in total. The van der Waals surface area contributed by atoms with E-state index in [0.29, 0.717) is 23.1 Å². The average Bonchev–Trinajstić information content (AvgIpc) is 2.73. The van der Waals surface area contributed by atoms with Gasteiger partial charge in [0.05, 0.1) is 29.7 Å². The maximum atomic E-state index is 13.0. The van der Waals surface area contributed by atoms with Crippen molar-refractivity contribution in [2.45, 2.75) is 13.3 Å². The molecular formula is C21H18N4O2. The smallest absolute Gasteiger partial charge is 0.282 e. The van der Waals surface area contributed by atoms with E-state index in [1.807, 2.05) is 49.4 Å². The zero-order chi connectivity index (χ0) is 18.8. The third-order valence-electron chi connectivity index (χ3n) is 4.42. The molecule has 0 amide bonds. The molecule has 134 valence electrons. The number of pyridine rings is 1. The highest BCUT2D eigenvalue weighted by Gasteiger charge is 2.12. The largest absolute Gasteiger partial charge is 0.497 e. The van der Waals surface area contributed by atoms with Crippen molar-refractivity contribution in [3.05, 3.63) is 76.5 Å². The summed E-state index contributed by atoms with van der Waals surface area (Å²) in [4.78, 5) is 22.1. The minimum Gasteiger partial charge on any atom is -0.497 e. The van der Waals surface area contributed by atoms with Crippen LogP contribution in [0.3, 0.4) is 0 Å². The number of benzene rings is 2. The van der Waals surface area contributed by atoms with Gasteiger partial charge >= 0.3 is 0 Å². The Hall–Kier alpha value is -3.54. The molecule has 0 aliphatic rings. The van der Waals surface area contributed by atoms with Crippen LogP contribution in [0, 0.1) is 0 Å². The second-order valence-electron chi connectivity index (χ2n) is 6.05. The van der Waals surface area contributed by atoms with E-state index in [0.717, 1.165) is 22.2 Å². The second-order valence-corrected chi connectivity index (χ2v) is 6.05. The summed E-state index contributed by atoms with van der Waals surface area (Å²) in [6.07, 6.45) is 3.97. The van der Waals surface area contributed by atoms with Gasteiger partial charge in [-0.05, 0) is 54.1 Å². The predicted octanol–water partition coefficient (Wildman–Crippen LogP) is 3.40. The SMILES string of the molecule is CCc1nc2c(ccc3ncccc32)c(=O)n1/N=C/c1ccc(OC)cc1. The molecule has 0 saturated carbocycles. The molecule has 27 heavy (non-hydrogen) atoms. The number of ether oxygens (including phenoxy) is 1. The van der Waals surface area contributed by atoms with E-state index >= 15 is 0 Å². The summed E-state index contributed by atoms with van der Waals surface area (Å²) in [7, 11) is 1.62. The van der Waals surface area contributed by atoms with E-state index in [2.05, 4.69) is 10.1 Å². The van der Waals surface area contributed by atoms with Crippen molar-refractivity contribution >= 4 is 28.0 Å². The topological polar surface area (TPSA) is 69.4 Å². The number of rotatable bonds is 4. The Kier molecular flexibility index (Phi) is 4.38. The van der Waals surface area contributed by atoms with Crippen LogP contribution in [-0.2, 0) is 6.42 Å². The van der Waals surface area contributed by atoms with Gasteiger partial charge in [-0.3, -0.25) is 9.78 Å². The fraction of sp³-hybridized carbons (Fsp3) is 0.143. The third kappa shape index (κ3) is 3.06. The Labute approximate surface area is 155 Å². The van der Waals surface area contributed by atoms with E-state index in [-0.39, 0.29) is 5.56 Å². The lowest BCUT2D eigenvalue weighted by molar-refractivity contribution is 0.415. The number of fused-ring (bicyclic) bond motifs is 3. The summed E-state index contributed by atoms with van der Waals surface area (Å²) >= 11 is 0. The zero-order valence-corrected chi connectivity index (χ0v) is 15.1. The van der Waals surface area contributed by atoms with Crippen molar-refractivity contribution < 1.29 is 4.74 Å². The minimum atomic E-state index is -0.188. The van der Waals surface area contributed by atoms with Gasteiger partial charge in [0, 0.05) is 18.0 Å². The highest BCUT2D eigenvalue weighted by atomic mass is 16.5. The lowest BCUT2D eigenvalue weighted by Gasteiger charge is -2.09. The molecule has 2 aromatic heterocycles. The highest BCUT2D eigenvalue weighted by Crippen LogP contribution is 2.20. The molecule has 0 atom stereocenters. The molecule has 0 radical (unpaired) electrons. The van der Waals surface area contributed by atoms with Crippen LogP contribution in [0.5, 0.6) is 5.75 Å². The van der Waals surface area contributed by atoms with Crippen LogP contribution in [0.15, 0.2) is 64.6 Å². The van der Waals surface area contributed by atoms with Crippen molar-refractivity contribution in [1.82, 2.24) is 14.6 Å². The van der Waals surface area contributed by atoms with Crippen LogP contribution in [0.4, 0.5) is 0 Å². The highest BCUT2D eigenvalue weighted by molar-refractivity contribution is 6.03. The van der Waals surface area contributed by atoms with E-state index in [1.54, 1.807) is 25.6 Å². The standard InChI is InChI=1S/C21H18N4O2/c1-3-19-24-20-16-5-4-12-22-18(16)11-10-17(20)21(26)25(19)23-13-14-6-8-15(27-2)9-7-14/h4-13H,3H2,1-2H3/b23-13+. The summed E-state index contributed by atoms with van der Waals surface area (Å²) in [5, 5.41) is 5.79. The number of methoxy groups -OCH3 is 1. The van der Waals surface area contributed by atoms with E-state index in [1.165, 1.54) is 4.68 Å². The zero-order valence-electron chi connectivity index (χ0n) is 15.1. The van der Waals surface area contributed by atoms with Gasteiger partial charge in [-0.2, -0.15) is 9.78 Å². The van der Waals surface area contributed by atoms with Gasteiger partial charge in [0.25, 0.3) is 5.56 Å². The number of nitrogens with zero attached hydrogens (tertiary/aromatic N) is 4. The molecule has 4 aromatic rings. The van der Waals surface area contributed by atoms with Crippen molar-refractivity contribution in [2.75, 3.05) is 7.11 Å². The van der Waals surface area contributed by atoms with Gasteiger partial charge in [-0.25, -0.2) is 4.98 Å². The first-order chi connectivity index (χ1) is 13.2. The van der Waals surface area contributed by atoms with Gasteiger partial charge < -0.3 is 4.74 Å². The molecule has 2 heterocycles. The minimum absolute atomic E-state index is 0.188. The van der Waals surface area contributed by atoms with E-state index < -0.39 is 0 Å². The molecule has 0 unspecified atom stereocenters. The first-order valence-electron chi connectivity index (χ1n) is 8.69. The Bertz CT molecular complexity index is 1210. The van der Waals surface area contributed by atoms with E-state index in [4.69, 9.17) is 9.72 Å². The second kappa shape index (κ2) is 6.99. The first kappa shape index (κ1) is 16.9. The maximum absolute atomic E-state index is 13.0. The van der Waals surface area contributed by atoms with Gasteiger partial charge in [0.2, 0.25) is 0 Å². The predicted molar refractivity (Wildman–Crippen MR) is 107 cm³/mol. The van der Waals surface area contributed by atoms with Crippen LogP contribution >= 0.6 is 0 Å². The summed E-state index contributed by atoms with van der Waals surface area (Å²) < 4.78 is 6.53. The van der Waals surface area contributed by atoms with Crippen LogP contribution in [0.1, 0.15) is 18.3 Å². The first-order valence-corrected chi connectivity index (χ1v) is 8.69. The molecular weight excluding hydrogens is 340 g/mol. The van der Waals surface area contributed by atoms with Crippen LogP contribution < -0.4 is 10.3 Å². The summed E-state index contributed by atoms with van der Waals surface area (Å²) in [6.45, 7) is 1.95. The van der Waals surface area contributed by atoms with Crippen molar-refractivity contribution in [3.63, 3.8) is 0 Å². The van der Waals surface area contributed by atoms with Crippen molar-refractivity contribution in [1.29, 1.82) is 0 Å². The molecule has 6 nitrogen and oxygen atoms in total. The molecule has 6 heteroatoms. The fourth-order valence-corrected chi connectivity index (χ4v) is 3.00. The molecule has 0 bridgehead atoms. The number of aryl methyl sites for hydroxylation is 1. The van der Waals surface area contributed by atoms with Gasteiger partial charge in [-0.15, -0.1) is 0 Å². The molecule has 0 fully saturated rings. The van der Waals surface area contributed by atoms with Crippen molar-refractivity contribution in [2.24, 2.45) is 5.10 Å². The van der Waals surface area contributed by atoms with E-state index in [9.17, 15) is 4.79 Å². The van der Waals surface area contributed by atoms with Crippen molar-refractivity contribution in [3.8, 4) is 5.75 Å². The number of aromatic nitrogens is 3. The molecule has 0 spiro atoms. The third-order valence-corrected chi connectivity index (χ3v) is 4.42.